The number of ether oxygens (including phenoxy) is 1. The number of anilines is 2. The molecule has 6 nitrogen and oxygen atoms in total. The Kier molecular flexibility index (Phi) is 6.27. The highest BCUT2D eigenvalue weighted by Crippen LogP contribution is 2.39. The summed E-state index contributed by atoms with van der Waals surface area (Å²) in [5.74, 6) is 1.02. The Morgan fingerprint density at radius 1 is 1.11 bits per heavy atom. The van der Waals surface area contributed by atoms with Gasteiger partial charge in [-0.2, -0.15) is 18.3 Å². The van der Waals surface area contributed by atoms with Crippen LogP contribution in [-0.4, -0.2) is 32.8 Å². The van der Waals surface area contributed by atoms with E-state index in [9.17, 15) is 13.2 Å². The number of rotatable bonds is 6. The van der Waals surface area contributed by atoms with Crippen LogP contribution in [0.3, 0.4) is 0 Å². The van der Waals surface area contributed by atoms with Crippen molar-refractivity contribution in [1.29, 1.82) is 0 Å². The zero-order valence-corrected chi connectivity index (χ0v) is 19.7. The SMILES string of the molecule is CCN(c1nc(-c2ccccc2OC2CCCC2)c2[nH]ncc2n1)c1ccc(C(F)(F)F)cc1Cl. The van der Waals surface area contributed by atoms with Crippen molar-refractivity contribution >= 4 is 34.3 Å². The fraction of sp³-hybridized carbons (Fsp3) is 0.320. The maximum Gasteiger partial charge on any atom is 0.416 e. The average molecular weight is 502 g/mol. The number of nitrogens with one attached hydrogen (secondary N) is 1. The van der Waals surface area contributed by atoms with E-state index in [4.69, 9.17) is 21.3 Å². The summed E-state index contributed by atoms with van der Waals surface area (Å²) < 4.78 is 45.8. The number of H-pyrrole nitrogens is 1. The average Bonchev–Trinajstić information content (AvgIpc) is 3.52. The Bertz CT molecular complexity index is 1350. The molecule has 5 rings (SSSR count). The molecule has 35 heavy (non-hydrogen) atoms. The summed E-state index contributed by atoms with van der Waals surface area (Å²) in [6.07, 6.45) is 1.59. The van der Waals surface area contributed by atoms with Gasteiger partial charge in [0.15, 0.2) is 0 Å². The van der Waals surface area contributed by atoms with Gasteiger partial charge in [0.1, 0.15) is 22.5 Å². The molecule has 2 aromatic carbocycles. The fourth-order valence-corrected chi connectivity index (χ4v) is 4.70. The van der Waals surface area contributed by atoms with Gasteiger partial charge >= 0.3 is 6.18 Å². The minimum atomic E-state index is -4.48. The summed E-state index contributed by atoms with van der Waals surface area (Å²) >= 11 is 6.30. The van der Waals surface area contributed by atoms with Crippen LogP contribution in [0.1, 0.15) is 38.2 Å². The number of aromatic amines is 1. The molecule has 2 aromatic heterocycles. The van der Waals surface area contributed by atoms with Crippen LogP contribution in [0.25, 0.3) is 22.3 Å². The number of aromatic nitrogens is 4. The van der Waals surface area contributed by atoms with Crippen molar-refractivity contribution in [1.82, 2.24) is 20.2 Å². The predicted molar refractivity (Wildman–Crippen MR) is 129 cm³/mol. The molecule has 0 aliphatic heterocycles. The van der Waals surface area contributed by atoms with Gasteiger partial charge in [0.25, 0.3) is 0 Å². The molecule has 182 valence electrons. The zero-order valence-electron chi connectivity index (χ0n) is 18.9. The molecule has 0 unspecified atom stereocenters. The van der Waals surface area contributed by atoms with E-state index in [2.05, 4.69) is 15.2 Å². The van der Waals surface area contributed by atoms with Gasteiger partial charge in [-0.05, 0) is 62.9 Å². The molecule has 0 amide bonds. The van der Waals surface area contributed by atoms with E-state index >= 15 is 0 Å². The molecule has 0 spiro atoms. The van der Waals surface area contributed by atoms with Crippen molar-refractivity contribution in [2.24, 2.45) is 0 Å². The number of halogens is 4. The molecular formula is C25H23ClF3N5O. The summed E-state index contributed by atoms with van der Waals surface area (Å²) in [6, 6.07) is 10.9. The van der Waals surface area contributed by atoms with Crippen LogP contribution in [0.4, 0.5) is 24.8 Å². The van der Waals surface area contributed by atoms with Crippen molar-refractivity contribution in [3.8, 4) is 17.0 Å². The van der Waals surface area contributed by atoms with Crippen LogP contribution >= 0.6 is 11.6 Å². The molecular weight excluding hydrogens is 479 g/mol. The lowest BCUT2D eigenvalue weighted by Crippen LogP contribution is -2.20. The Labute approximate surface area is 205 Å². The molecule has 1 N–H and O–H groups in total. The summed E-state index contributed by atoms with van der Waals surface area (Å²) in [5, 5.41) is 7.07. The van der Waals surface area contributed by atoms with Crippen molar-refractivity contribution in [3.05, 3.63) is 59.2 Å². The van der Waals surface area contributed by atoms with E-state index in [1.54, 1.807) is 11.1 Å². The molecule has 0 bridgehead atoms. The second-order valence-electron chi connectivity index (χ2n) is 8.43. The Balaban J connectivity index is 1.60. The predicted octanol–water partition coefficient (Wildman–Crippen LogP) is 7.17. The molecule has 0 atom stereocenters. The van der Waals surface area contributed by atoms with Crippen molar-refractivity contribution in [2.45, 2.75) is 44.9 Å². The fourth-order valence-electron chi connectivity index (χ4n) is 4.42. The number of alkyl halides is 3. The minimum Gasteiger partial charge on any atom is -0.490 e. The quantitative estimate of drug-likeness (QED) is 0.303. The molecule has 2 heterocycles. The normalized spacial score (nSPS) is 14.5. The van der Waals surface area contributed by atoms with Gasteiger partial charge in [0.2, 0.25) is 5.95 Å². The van der Waals surface area contributed by atoms with Gasteiger partial charge < -0.3 is 9.64 Å². The van der Waals surface area contributed by atoms with Crippen LogP contribution in [0.5, 0.6) is 5.75 Å². The molecule has 1 aliphatic carbocycles. The highest BCUT2D eigenvalue weighted by atomic mass is 35.5. The third-order valence-electron chi connectivity index (χ3n) is 6.15. The molecule has 1 saturated carbocycles. The van der Waals surface area contributed by atoms with Crippen LogP contribution < -0.4 is 9.64 Å². The first kappa shape index (κ1) is 23.4. The first-order chi connectivity index (χ1) is 16.8. The summed E-state index contributed by atoms with van der Waals surface area (Å²) in [5.41, 5.74) is 2.16. The van der Waals surface area contributed by atoms with Crippen molar-refractivity contribution in [2.75, 3.05) is 11.4 Å². The summed E-state index contributed by atoms with van der Waals surface area (Å²) in [4.78, 5) is 11.1. The summed E-state index contributed by atoms with van der Waals surface area (Å²) in [6.45, 7) is 2.24. The Morgan fingerprint density at radius 2 is 1.89 bits per heavy atom. The van der Waals surface area contributed by atoms with E-state index < -0.39 is 11.7 Å². The second-order valence-corrected chi connectivity index (χ2v) is 8.84. The lowest BCUT2D eigenvalue weighted by atomic mass is 10.1. The van der Waals surface area contributed by atoms with Gasteiger partial charge in [-0.1, -0.05) is 23.7 Å². The number of nitrogens with zero attached hydrogens (tertiary/aromatic N) is 4. The molecule has 4 aromatic rings. The van der Waals surface area contributed by atoms with E-state index in [1.807, 2.05) is 31.2 Å². The minimum absolute atomic E-state index is 0.0379. The highest BCUT2D eigenvalue weighted by molar-refractivity contribution is 6.33. The largest absolute Gasteiger partial charge is 0.490 e. The zero-order chi connectivity index (χ0) is 24.6. The first-order valence-electron chi connectivity index (χ1n) is 11.5. The molecule has 1 fully saturated rings. The molecule has 0 radical (unpaired) electrons. The van der Waals surface area contributed by atoms with E-state index in [0.717, 1.165) is 49.1 Å². The van der Waals surface area contributed by atoms with Gasteiger partial charge in [0.05, 0.1) is 28.6 Å². The second kappa shape index (κ2) is 9.37. The molecule has 0 saturated heterocycles. The van der Waals surface area contributed by atoms with Crippen LogP contribution in [0.15, 0.2) is 48.7 Å². The van der Waals surface area contributed by atoms with Crippen molar-refractivity contribution in [3.63, 3.8) is 0 Å². The number of benzene rings is 2. The number of hydrogen-bond acceptors (Lipinski definition) is 5. The maximum atomic E-state index is 13.1. The number of fused-ring (bicyclic) bond motifs is 1. The van der Waals surface area contributed by atoms with E-state index in [1.165, 1.54) is 6.07 Å². The third-order valence-corrected chi connectivity index (χ3v) is 6.45. The summed E-state index contributed by atoms with van der Waals surface area (Å²) in [7, 11) is 0. The van der Waals surface area contributed by atoms with E-state index in [0.29, 0.717) is 34.9 Å². The highest BCUT2D eigenvalue weighted by Gasteiger charge is 2.31. The third kappa shape index (κ3) is 4.65. The monoisotopic (exact) mass is 501 g/mol. The molecule has 1 aliphatic rings. The smallest absolute Gasteiger partial charge is 0.416 e. The first-order valence-corrected chi connectivity index (χ1v) is 11.8. The van der Waals surface area contributed by atoms with Crippen LogP contribution in [0, 0.1) is 0 Å². The molecule has 10 heteroatoms. The Morgan fingerprint density at radius 3 is 2.60 bits per heavy atom. The standard InChI is InChI=1S/C25H23ClF3N5O/c1-2-34(20-12-11-15(13-18(20)26)25(27,28)29)24-31-19-14-30-33-23(19)22(32-24)17-9-5-6-10-21(17)35-16-7-3-4-8-16/h5-6,9-14,16H,2-4,7-8H2,1H3,(H,30,33). The lowest BCUT2D eigenvalue weighted by Gasteiger charge is -2.24. The van der Waals surface area contributed by atoms with E-state index in [-0.39, 0.29) is 11.1 Å². The number of para-hydroxylation sites is 1. The van der Waals surface area contributed by atoms with Gasteiger partial charge in [-0.25, -0.2) is 9.97 Å². The van der Waals surface area contributed by atoms with Gasteiger partial charge in [-0.15, -0.1) is 0 Å². The van der Waals surface area contributed by atoms with Crippen LogP contribution in [0.2, 0.25) is 5.02 Å². The van der Waals surface area contributed by atoms with Gasteiger partial charge in [0, 0.05) is 12.1 Å². The number of hydrogen-bond donors (Lipinski definition) is 1. The van der Waals surface area contributed by atoms with Crippen molar-refractivity contribution < 1.29 is 17.9 Å². The Hall–Kier alpha value is -3.33. The maximum absolute atomic E-state index is 13.1. The van der Waals surface area contributed by atoms with Crippen LogP contribution in [-0.2, 0) is 6.18 Å². The topological polar surface area (TPSA) is 66.9 Å². The lowest BCUT2D eigenvalue weighted by molar-refractivity contribution is -0.137. The van der Waals surface area contributed by atoms with Gasteiger partial charge in [-0.3, -0.25) is 5.10 Å².